The Balaban J connectivity index is 0.000000148. The fourth-order valence-corrected chi connectivity index (χ4v) is 16.8. The minimum absolute atomic E-state index is 0.101. The molecule has 24 heteroatoms. The molecule has 5 N–H and O–H groups in total. The minimum atomic E-state index is -0.439. The SMILES string of the molecule is C#Cc1c(N2CCC(C)(OC)CC2)c2c(F)c(C)ccc2[nH]c1=O.C#Cc1c(N2CCC(C)(OC)CC2)c2cc(C)c(C)c(F)c2[nH]c1=O.C#Cc1c(N2CCC(C)(OC)CC2)c2cc(C)c(C)cc2[nH]c1=O.C#Cc1c(N2CCC(C)(OC)CC2)c2cc(C)c(F)cc2[nH]c1=O.C#Cc1c(N2CCC(C)(OC)CC2)c2cc(C)cc(F)c2[nH]c1=O. The van der Waals surface area contributed by atoms with Crippen molar-refractivity contribution in [3.05, 3.63) is 196 Å². The van der Waals surface area contributed by atoms with Crippen LogP contribution in [0.5, 0.6) is 0 Å². The van der Waals surface area contributed by atoms with E-state index in [9.17, 15) is 41.5 Å². The number of rotatable bonds is 10. The van der Waals surface area contributed by atoms with Crippen LogP contribution in [0.3, 0.4) is 0 Å². The van der Waals surface area contributed by atoms with Crippen LogP contribution in [0.2, 0.25) is 0 Å². The molecule has 0 radical (unpaired) electrons. The molecule has 636 valence electrons. The van der Waals surface area contributed by atoms with Gasteiger partial charge in [0.1, 0.15) is 45.3 Å². The predicted molar refractivity (Wildman–Crippen MR) is 480 cm³/mol. The number of methoxy groups -OCH3 is 5. The number of aromatic amines is 5. The van der Waals surface area contributed by atoms with Crippen molar-refractivity contribution < 1.29 is 41.2 Å². The van der Waals surface area contributed by atoms with E-state index in [0.29, 0.717) is 111 Å². The Kier molecular flexibility index (Phi) is 27.2. The smallest absolute Gasteiger partial charge is 0.266 e. The zero-order valence-electron chi connectivity index (χ0n) is 72.6. The van der Waals surface area contributed by atoms with Crippen molar-refractivity contribution >= 4 is 83.0 Å². The maximum atomic E-state index is 14.8. The number of terminal acetylenes is 5. The largest absolute Gasteiger partial charge is 0.378 e. The van der Waals surface area contributed by atoms with Crippen molar-refractivity contribution in [2.24, 2.45) is 0 Å². The second-order valence-electron chi connectivity index (χ2n) is 33.8. The summed E-state index contributed by atoms with van der Waals surface area (Å²) >= 11 is 0. The Morgan fingerprint density at radius 3 is 0.992 bits per heavy atom. The van der Waals surface area contributed by atoms with E-state index in [-0.39, 0.29) is 84.0 Å². The van der Waals surface area contributed by atoms with E-state index in [4.69, 9.17) is 55.8 Å². The topological polar surface area (TPSA) is 227 Å². The summed E-state index contributed by atoms with van der Waals surface area (Å²) in [4.78, 5) is 86.0. The highest BCUT2D eigenvalue weighted by atomic mass is 19.1. The van der Waals surface area contributed by atoms with E-state index < -0.39 is 22.8 Å². The summed E-state index contributed by atoms with van der Waals surface area (Å²) < 4.78 is 85.7. The maximum Gasteiger partial charge on any atom is 0.266 e. The monoisotopic (exact) mass is 1650 g/mol. The molecule has 0 spiro atoms. The third kappa shape index (κ3) is 18.4. The molecular weight excluding hydrogens is 1540 g/mol. The first kappa shape index (κ1) is 90.2. The third-order valence-corrected chi connectivity index (χ3v) is 25.9. The van der Waals surface area contributed by atoms with Crippen LogP contribution in [-0.2, 0) is 23.7 Å². The van der Waals surface area contributed by atoms with Gasteiger partial charge in [-0.05, 0) is 235 Å². The number of aromatic nitrogens is 5. The van der Waals surface area contributed by atoms with Crippen LogP contribution < -0.4 is 52.3 Å². The van der Waals surface area contributed by atoms with Gasteiger partial charge < -0.3 is 73.1 Å². The summed E-state index contributed by atoms with van der Waals surface area (Å²) in [6.07, 6.45) is 36.4. The lowest BCUT2D eigenvalue weighted by Crippen LogP contribution is -2.44. The molecule has 10 heterocycles. The lowest BCUT2D eigenvalue weighted by Gasteiger charge is -2.40. The van der Waals surface area contributed by atoms with Gasteiger partial charge in [-0.25, -0.2) is 17.6 Å². The lowest BCUT2D eigenvalue weighted by molar-refractivity contribution is -0.0134. The summed E-state index contributed by atoms with van der Waals surface area (Å²) in [5.74, 6) is 11.0. The molecule has 5 aliphatic heterocycles. The molecule has 5 aromatic heterocycles. The number of hydrogen-bond donors (Lipinski definition) is 5. The molecule has 5 aliphatic rings. The van der Waals surface area contributed by atoms with Gasteiger partial charge in [-0.15, -0.1) is 32.1 Å². The number of fused-ring (bicyclic) bond motifs is 5. The number of halogens is 4. The molecule has 20 nitrogen and oxygen atoms in total. The fraction of sp³-hybridized carbons (Fsp3) is 0.433. The molecule has 5 fully saturated rings. The first-order chi connectivity index (χ1) is 57.4. The number of nitrogens with zero attached hydrogens (tertiary/aromatic N) is 5. The van der Waals surface area contributed by atoms with Crippen LogP contribution >= 0.6 is 0 Å². The quantitative estimate of drug-likeness (QED) is 0.0634. The standard InChI is InChI=1S/C20H23FN2O2.C20H24N2O2.3C19H21FN2O2/c1-6-14-18(23-9-7-20(4,25-5)8-10-23)15-11-12(2)13(3)16(21)17(15)22-19(14)24;1-6-15-18(22-9-7-20(4,24-5)8-10-22)16-11-13(2)14(3)12-17(16)21-19(15)23;1-5-13-17(22-8-6-19(3,24-4)7-9-22)14-10-12(2)15(20)11-16(14)21-18(13)23;1-5-13-17(22-8-6-19(3,24-4)7-9-22)14-10-12(2)11-15(20)16(14)21-18(13)23;1-5-13-17(22-10-8-19(3,24-4)9-11-22)15-14(21-18(13)23)7-6-12(2)16(15)20/h1,11H,7-10H2,2-5H3,(H,22,24);1,11-12H,7-10H2,2-5H3,(H,21,23);2*1,10-11H,6-9H2,2-4H3,(H,21,23);1,6-7H,8-11H2,2-4H3,(H,21,23). The third-order valence-electron chi connectivity index (χ3n) is 25.9. The van der Waals surface area contributed by atoms with Gasteiger partial charge in [-0.2, -0.15) is 0 Å². The second-order valence-corrected chi connectivity index (χ2v) is 33.8. The van der Waals surface area contributed by atoms with Gasteiger partial charge in [0.25, 0.3) is 27.8 Å². The van der Waals surface area contributed by atoms with Gasteiger partial charge in [0.05, 0.1) is 89.4 Å². The number of benzene rings is 5. The second kappa shape index (κ2) is 36.4. The molecule has 0 amide bonds. The zero-order chi connectivity index (χ0) is 88.3. The molecule has 5 aromatic carbocycles. The summed E-state index contributed by atoms with van der Waals surface area (Å²) in [6, 6.07) is 15.8. The Hall–Kier alpha value is -11.5. The summed E-state index contributed by atoms with van der Waals surface area (Å²) in [7, 11) is 8.61. The number of aryl methyl sites for hydroxylation is 6. The van der Waals surface area contributed by atoms with E-state index >= 15 is 0 Å². The van der Waals surface area contributed by atoms with Crippen molar-refractivity contribution in [2.45, 2.75) is 175 Å². The highest BCUT2D eigenvalue weighted by Crippen LogP contribution is 2.42. The average Bonchev–Trinajstić information content (AvgIpc) is 0.770. The first-order valence-corrected chi connectivity index (χ1v) is 40.8. The number of H-pyrrole nitrogens is 5. The van der Waals surface area contributed by atoms with E-state index in [1.54, 1.807) is 74.5 Å². The molecule has 0 aliphatic carbocycles. The first-order valence-electron chi connectivity index (χ1n) is 40.8. The molecular formula is C97H110F4N10O10. The van der Waals surface area contributed by atoms with Crippen LogP contribution in [-0.4, -0.2) is 154 Å². The number of piperidine rings is 5. The molecule has 0 unspecified atom stereocenters. The lowest BCUT2D eigenvalue weighted by atomic mass is 9.92. The van der Waals surface area contributed by atoms with E-state index in [1.165, 1.54) is 17.7 Å². The molecule has 10 aromatic rings. The van der Waals surface area contributed by atoms with E-state index in [0.717, 1.165) is 135 Å². The predicted octanol–water partition coefficient (Wildman–Crippen LogP) is 15.3. The van der Waals surface area contributed by atoms with E-state index in [2.05, 4.69) is 122 Å². The summed E-state index contributed by atoms with van der Waals surface area (Å²) in [5, 5.41) is 3.51. The number of pyridine rings is 5. The van der Waals surface area contributed by atoms with Gasteiger partial charge >= 0.3 is 0 Å². The van der Waals surface area contributed by atoms with Crippen molar-refractivity contribution in [3.8, 4) is 61.7 Å². The van der Waals surface area contributed by atoms with Gasteiger partial charge in [0.15, 0.2) is 5.82 Å². The molecule has 0 saturated carbocycles. The van der Waals surface area contributed by atoms with Crippen molar-refractivity contribution in [2.75, 3.05) is 125 Å². The summed E-state index contributed by atoms with van der Waals surface area (Å²) in [5.41, 5.74) is 10.1. The molecule has 15 rings (SSSR count). The van der Waals surface area contributed by atoms with Crippen LogP contribution in [0.15, 0.2) is 78.6 Å². The number of nitrogens with one attached hydrogen (secondary N) is 5. The van der Waals surface area contributed by atoms with Gasteiger partial charge in [-0.1, -0.05) is 35.7 Å². The summed E-state index contributed by atoms with van der Waals surface area (Å²) in [6.45, 7) is 30.6. The Morgan fingerprint density at radius 1 is 0.322 bits per heavy atom. The normalized spacial score (nSPS) is 17.0. The zero-order valence-corrected chi connectivity index (χ0v) is 72.6. The van der Waals surface area contributed by atoms with Gasteiger partial charge in [-0.3, -0.25) is 24.0 Å². The Bertz CT molecular complexity index is 6050. The number of hydrogen-bond acceptors (Lipinski definition) is 15. The van der Waals surface area contributed by atoms with Crippen molar-refractivity contribution in [1.82, 2.24) is 24.9 Å². The van der Waals surface area contributed by atoms with Crippen molar-refractivity contribution in [1.29, 1.82) is 0 Å². The van der Waals surface area contributed by atoms with Crippen LogP contribution in [0, 0.1) is 133 Å². The number of anilines is 5. The average molecular weight is 1650 g/mol. The fourth-order valence-electron chi connectivity index (χ4n) is 16.8. The van der Waals surface area contributed by atoms with Gasteiger partial charge in [0.2, 0.25) is 0 Å². The molecule has 5 saturated heterocycles. The maximum absolute atomic E-state index is 14.8. The van der Waals surface area contributed by atoms with Crippen LogP contribution in [0.25, 0.3) is 54.5 Å². The van der Waals surface area contributed by atoms with Crippen LogP contribution in [0.4, 0.5) is 46.0 Å². The molecule has 121 heavy (non-hydrogen) atoms. The number of ether oxygens (including phenoxy) is 5. The Morgan fingerprint density at radius 2 is 0.620 bits per heavy atom. The molecule has 0 atom stereocenters. The minimum Gasteiger partial charge on any atom is -0.378 e. The highest BCUT2D eigenvalue weighted by molar-refractivity contribution is 6.00. The van der Waals surface area contributed by atoms with E-state index in [1.807, 2.05) is 43.9 Å². The molecule has 0 bridgehead atoms. The van der Waals surface area contributed by atoms with Gasteiger partial charge in [0, 0.05) is 123 Å². The van der Waals surface area contributed by atoms with Crippen molar-refractivity contribution in [3.63, 3.8) is 0 Å². The highest BCUT2D eigenvalue weighted by Gasteiger charge is 2.38. The van der Waals surface area contributed by atoms with Crippen LogP contribution in [0.1, 0.15) is 166 Å². The Labute approximate surface area is 704 Å².